The van der Waals surface area contributed by atoms with E-state index < -0.39 is 0 Å². The highest BCUT2D eigenvalue weighted by atomic mass is 16.5. The second-order valence-corrected chi connectivity index (χ2v) is 6.27. The van der Waals surface area contributed by atoms with Crippen molar-refractivity contribution >= 4 is 5.91 Å². The SMILES string of the molecule is CCOc1ccc(CNC(=O)COc2ccc3c(c2)CCC3)cc1OC. The van der Waals surface area contributed by atoms with Crippen LogP contribution in [0.15, 0.2) is 36.4 Å². The van der Waals surface area contributed by atoms with E-state index in [9.17, 15) is 4.79 Å². The van der Waals surface area contributed by atoms with Gasteiger partial charge in [0, 0.05) is 6.54 Å². The average Bonchev–Trinajstić information content (AvgIpc) is 3.13. The first-order chi connectivity index (χ1) is 12.7. The minimum Gasteiger partial charge on any atom is -0.493 e. The zero-order valence-electron chi connectivity index (χ0n) is 15.3. The maximum absolute atomic E-state index is 12.1. The molecule has 5 nitrogen and oxygen atoms in total. The van der Waals surface area contributed by atoms with Crippen LogP contribution in [-0.2, 0) is 24.2 Å². The molecule has 1 aliphatic carbocycles. The molecular weight excluding hydrogens is 330 g/mol. The van der Waals surface area contributed by atoms with E-state index in [1.165, 1.54) is 17.5 Å². The maximum atomic E-state index is 12.1. The molecule has 0 saturated carbocycles. The van der Waals surface area contributed by atoms with Crippen LogP contribution in [0.3, 0.4) is 0 Å². The third kappa shape index (κ3) is 4.48. The third-order valence-electron chi connectivity index (χ3n) is 4.46. The fraction of sp³-hybridized carbons (Fsp3) is 0.381. The quantitative estimate of drug-likeness (QED) is 0.790. The minimum atomic E-state index is -0.154. The summed E-state index contributed by atoms with van der Waals surface area (Å²) in [6.07, 6.45) is 3.44. The van der Waals surface area contributed by atoms with Gasteiger partial charge in [0.15, 0.2) is 18.1 Å². The molecule has 0 bridgehead atoms. The second kappa shape index (κ2) is 8.61. The van der Waals surface area contributed by atoms with Crippen LogP contribution in [0.25, 0.3) is 0 Å². The van der Waals surface area contributed by atoms with Crippen LogP contribution in [0.4, 0.5) is 0 Å². The molecule has 0 fully saturated rings. The Morgan fingerprint density at radius 1 is 1.04 bits per heavy atom. The van der Waals surface area contributed by atoms with Gasteiger partial charge in [-0.2, -0.15) is 0 Å². The lowest BCUT2D eigenvalue weighted by Crippen LogP contribution is -2.28. The summed E-state index contributed by atoms with van der Waals surface area (Å²) in [5.41, 5.74) is 3.67. The molecule has 0 aromatic heterocycles. The molecule has 0 unspecified atom stereocenters. The molecule has 0 radical (unpaired) electrons. The molecule has 0 atom stereocenters. The van der Waals surface area contributed by atoms with Gasteiger partial charge in [-0.15, -0.1) is 0 Å². The number of methoxy groups -OCH3 is 1. The topological polar surface area (TPSA) is 56.8 Å². The summed E-state index contributed by atoms with van der Waals surface area (Å²) in [4.78, 5) is 12.1. The van der Waals surface area contributed by atoms with Crippen molar-refractivity contribution in [1.29, 1.82) is 0 Å². The maximum Gasteiger partial charge on any atom is 0.258 e. The lowest BCUT2D eigenvalue weighted by molar-refractivity contribution is -0.123. The molecule has 1 N–H and O–H groups in total. The van der Waals surface area contributed by atoms with Gasteiger partial charge in [0.05, 0.1) is 13.7 Å². The summed E-state index contributed by atoms with van der Waals surface area (Å²) in [6, 6.07) is 11.7. The van der Waals surface area contributed by atoms with Gasteiger partial charge >= 0.3 is 0 Å². The molecule has 0 heterocycles. The number of nitrogens with one attached hydrogen (secondary N) is 1. The van der Waals surface area contributed by atoms with Crippen LogP contribution in [0.5, 0.6) is 17.2 Å². The number of aryl methyl sites for hydroxylation is 2. The molecule has 0 aliphatic heterocycles. The van der Waals surface area contributed by atoms with Crippen molar-refractivity contribution in [3.63, 3.8) is 0 Å². The number of benzene rings is 2. The number of carbonyl (C=O) groups excluding carboxylic acids is 1. The Labute approximate surface area is 154 Å². The molecule has 26 heavy (non-hydrogen) atoms. The van der Waals surface area contributed by atoms with Crippen molar-refractivity contribution in [1.82, 2.24) is 5.32 Å². The molecule has 138 valence electrons. The fourth-order valence-corrected chi connectivity index (χ4v) is 3.14. The minimum absolute atomic E-state index is 0.00690. The first kappa shape index (κ1) is 18.1. The van der Waals surface area contributed by atoms with Crippen molar-refractivity contribution in [3.8, 4) is 17.2 Å². The Morgan fingerprint density at radius 3 is 2.69 bits per heavy atom. The van der Waals surface area contributed by atoms with Crippen LogP contribution >= 0.6 is 0 Å². The monoisotopic (exact) mass is 355 g/mol. The number of rotatable bonds is 8. The lowest BCUT2D eigenvalue weighted by atomic mass is 10.1. The molecule has 1 aliphatic rings. The number of ether oxygens (including phenoxy) is 3. The predicted molar refractivity (Wildman–Crippen MR) is 100.0 cm³/mol. The smallest absolute Gasteiger partial charge is 0.258 e. The van der Waals surface area contributed by atoms with E-state index >= 15 is 0 Å². The Hall–Kier alpha value is -2.69. The molecular formula is C21H25NO4. The van der Waals surface area contributed by atoms with Crippen molar-refractivity contribution in [2.75, 3.05) is 20.3 Å². The van der Waals surface area contributed by atoms with E-state index in [2.05, 4.69) is 11.4 Å². The predicted octanol–water partition coefficient (Wildman–Crippen LogP) is 3.28. The number of hydrogen-bond acceptors (Lipinski definition) is 4. The summed E-state index contributed by atoms with van der Waals surface area (Å²) in [7, 11) is 1.60. The highest BCUT2D eigenvalue weighted by molar-refractivity contribution is 5.77. The van der Waals surface area contributed by atoms with Gasteiger partial charge in [-0.1, -0.05) is 12.1 Å². The molecule has 0 saturated heterocycles. The van der Waals surface area contributed by atoms with E-state index in [4.69, 9.17) is 14.2 Å². The molecule has 3 rings (SSSR count). The summed E-state index contributed by atoms with van der Waals surface area (Å²) in [5, 5.41) is 2.86. The Bertz CT molecular complexity index is 773. The van der Waals surface area contributed by atoms with Crippen LogP contribution in [0.2, 0.25) is 0 Å². The Balaban J connectivity index is 1.49. The lowest BCUT2D eigenvalue weighted by Gasteiger charge is -2.12. The number of amides is 1. The van der Waals surface area contributed by atoms with Crippen LogP contribution in [0, 0.1) is 0 Å². The van der Waals surface area contributed by atoms with E-state index in [-0.39, 0.29) is 12.5 Å². The number of carbonyl (C=O) groups is 1. The van der Waals surface area contributed by atoms with Crippen molar-refractivity contribution in [3.05, 3.63) is 53.1 Å². The van der Waals surface area contributed by atoms with E-state index in [1.54, 1.807) is 7.11 Å². The van der Waals surface area contributed by atoms with Gasteiger partial charge in [-0.25, -0.2) is 0 Å². The zero-order valence-corrected chi connectivity index (χ0v) is 15.3. The van der Waals surface area contributed by atoms with Crippen molar-refractivity contribution in [2.24, 2.45) is 0 Å². The Morgan fingerprint density at radius 2 is 1.88 bits per heavy atom. The van der Waals surface area contributed by atoms with Crippen LogP contribution < -0.4 is 19.5 Å². The summed E-state index contributed by atoms with van der Waals surface area (Å²) in [5.74, 6) is 1.96. The van der Waals surface area contributed by atoms with Crippen LogP contribution in [0.1, 0.15) is 30.0 Å². The zero-order chi connectivity index (χ0) is 18.4. The van der Waals surface area contributed by atoms with E-state index in [1.807, 2.05) is 37.3 Å². The van der Waals surface area contributed by atoms with E-state index in [0.717, 1.165) is 24.2 Å². The fourth-order valence-electron chi connectivity index (χ4n) is 3.14. The Kier molecular flexibility index (Phi) is 6.00. The van der Waals surface area contributed by atoms with Crippen molar-refractivity contribution < 1.29 is 19.0 Å². The van der Waals surface area contributed by atoms with Gasteiger partial charge in [0.25, 0.3) is 5.91 Å². The first-order valence-electron chi connectivity index (χ1n) is 9.00. The van der Waals surface area contributed by atoms with Gasteiger partial charge < -0.3 is 19.5 Å². The number of fused-ring (bicyclic) bond motifs is 1. The standard InChI is InChI=1S/C21H25NO4/c1-3-25-19-10-7-15(11-20(19)24-2)13-22-21(23)14-26-18-9-8-16-5-4-6-17(16)12-18/h7-12H,3-6,13-14H2,1-2H3,(H,22,23). The summed E-state index contributed by atoms with van der Waals surface area (Å²) < 4.78 is 16.4. The molecule has 2 aromatic carbocycles. The summed E-state index contributed by atoms with van der Waals surface area (Å²) in [6.45, 7) is 2.92. The molecule has 5 heteroatoms. The average molecular weight is 355 g/mol. The summed E-state index contributed by atoms with van der Waals surface area (Å²) >= 11 is 0. The highest BCUT2D eigenvalue weighted by Gasteiger charge is 2.12. The van der Waals surface area contributed by atoms with Gasteiger partial charge in [-0.05, 0) is 67.1 Å². The number of hydrogen-bond donors (Lipinski definition) is 1. The van der Waals surface area contributed by atoms with Gasteiger partial charge in [0.1, 0.15) is 5.75 Å². The van der Waals surface area contributed by atoms with E-state index in [0.29, 0.717) is 24.7 Å². The normalized spacial score (nSPS) is 12.4. The second-order valence-electron chi connectivity index (χ2n) is 6.27. The molecule has 0 spiro atoms. The van der Waals surface area contributed by atoms with Gasteiger partial charge in [0.2, 0.25) is 0 Å². The van der Waals surface area contributed by atoms with Crippen molar-refractivity contribution in [2.45, 2.75) is 32.7 Å². The first-order valence-corrected chi connectivity index (χ1v) is 9.00. The third-order valence-corrected chi connectivity index (χ3v) is 4.46. The van der Waals surface area contributed by atoms with Crippen LogP contribution in [-0.4, -0.2) is 26.2 Å². The largest absolute Gasteiger partial charge is 0.493 e. The highest BCUT2D eigenvalue weighted by Crippen LogP contribution is 2.28. The van der Waals surface area contributed by atoms with Gasteiger partial charge in [-0.3, -0.25) is 4.79 Å². The molecule has 2 aromatic rings. The molecule has 1 amide bonds.